The Kier molecular flexibility index (Phi) is 2.34. The van der Waals surface area contributed by atoms with Crippen LogP contribution in [0.25, 0.3) is 0 Å². The minimum Gasteiger partial charge on any atom is -0.0744 e. The molecule has 0 nitrogen and oxygen atoms in total. The van der Waals surface area contributed by atoms with Gasteiger partial charge in [0.25, 0.3) is 0 Å². The number of rotatable bonds is 0. The number of hydrogen-bond acceptors (Lipinski definition) is 0. The highest BCUT2D eigenvalue weighted by molar-refractivity contribution is 5.34. The maximum absolute atomic E-state index is 2.46. The number of allylic oxidation sites excluding steroid dienone is 4. The van der Waals surface area contributed by atoms with Crippen molar-refractivity contribution in [2.75, 3.05) is 0 Å². The zero-order valence-electron chi connectivity index (χ0n) is 7.97. The van der Waals surface area contributed by atoms with Gasteiger partial charge in [0.1, 0.15) is 0 Å². The van der Waals surface area contributed by atoms with Crippen molar-refractivity contribution in [1.82, 2.24) is 0 Å². The third kappa shape index (κ3) is 1.63. The van der Waals surface area contributed by atoms with Gasteiger partial charge < -0.3 is 0 Å². The number of fused-ring (bicyclic) bond motifs is 1. The molecule has 2 aliphatic carbocycles. The van der Waals surface area contributed by atoms with Crippen LogP contribution in [-0.4, -0.2) is 0 Å². The Morgan fingerprint density at radius 3 is 2.92 bits per heavy atom. The molecule has 0 heteroatoms. The van der Waals surface area contributed by atoms with Crippen molar-refractivity contribution < 1.29 is 0 Å². The molecule has 1 fully saturated rings. The molecule has 12 heavy (non-hydrogen) atoms. The molecule has 1 unspecified atom stereocenters. The fraction of sp³-hybridized carbons (Fsp3) is 0.667. The molecule has 0 heterocycles. The molecule has 1 saturated carbocycles. The van der Waals surface area contributed by atoms with Crippen molar-refractivity contribution in [3.63, 3.8) is 0 Å². The topological polar surface area (TPSA) is 0 Å². The zero-order valence-corrected chi connectivity index (χ0v) is 7.97. The molecule has 1 atom stereocenters. The first-order valence-electron chi connectivity index (χ1n) is 5.25. The fourth-order valence-electron chi connectivity index (χ4n) is 2.45. The highest BCUT2D eigenvalue weighted by atomic mass is 14.2. The van der Waals surface area contributed by atoms with Gasteiger partial charge >= 0.3 is 0 Å². The van der Waals surface area contributed by atoms with E-state index >= 15 is 0 Å². The highest BCUT2D eigenvalue weighted by Gasteiger charge is 2.17. The Morgan fingerprint density at radius 1 is 1.17 bits per heavy atom. The third-order valence-electron chi connectivity index (χ3n) is 3.08. The fourth-order valence-corrected chi connectivity index (χ4v) is 2.45. The molecule has 0 aromatic carbocycles. The lowest BCUT2D eigenvalue weighted by Crippen LogP contribution is -2.01. The summed E-state index contributed by atoms with van der Waals surface area (Å²) < 4.78 is 0. The van der Waals surface area contributed by atoms with Crippen LogP contribution in [0, 0.1) is 5.92 Å². The molecule has 0 aromatic heterocycles. The minimum atomic E-state index is 0.824. The smallest absolute Gasteiger partial charge is 0.00144 e. The van der Waals surface area contributed by atoms with Crippen molar-refractivity contribution in [3.05, 3.63) is 23.3 Å². The molecule has 2 aliphatic rings. The lowest BCUT2D eigenvalue weighted by molar-refractivity contribution is 0.518. The Bertz CT molecular complexity index is 220. The van der Waals surface area contributed by atoms with E-state index < -0.39 is 0 Å². The van der Waals surface area contributed by atoms with Crippen molar-refractivity contribution in [3.8, 4) is 0 Å². The van der Waals surface area contributed by atoms with Crippen molar-refractivity contribution in [2.45, 2.75) is 45.4 Å². The van der Waals surface area contributed by atoms with Gasteiger partial charge in [-0.05, 0) is 32.1 Å². The van der Waals surface area contributed by atoms with E-state index in [4.69, 9.17) is 0 Å². The zero-order chi connectivity index (χ0) is 8.39. The molecule has 0 spiro atoms. The summed E-state index contributed by atoms with van der Waals surface area (Å²) in [4.78, 5) is 0. The predicted octanol–water partition coefficient (Wildman–Crippen LogP) is 3.84. The Balaban J connectivity index is 2.07. The minimum absolute atomic E-state index is 0.824. The van der Waals surface area contributed by atoms with Crippen LogP contribution < -0.4 is 0 Å². The molecule has 0 amide bonds. The van der Waals surface area contributed by atoms with Crippen LogP contribution in [0.2, 0.25) is 0 Å². The molecule has 0 radical (unpaired) electrons. The average Bonchev–Trinajstić information content (AvgIpc) is 2.32. The van der Waals surface area contributed by atoms with Crippen molar-refractivity contribution in [1.29, 1.82) is 0 Å². The predicted molar refractivity (Wildman–Crippen MR) is 53.0 cm³/mol. The van der Waals surface area contributed by atoms with E-state index in [9.17, 15) is 0 Å². The first-order chi connectivity index (χ1) is 5.86. The summed E-state index contributed by atoms with van der Waals surface area (Å²) in [5.74, 6) is 0.824. The molecule has 0 saturated heterocycles. The Hall–Kier alpha value is -0.520. The third-order valence-corrected chi connectivity index (χ3v) is 3.08. The summed E-state index contributed by atoms with van der Waals surface area (Å²) in [6.07, 6.45) is 13.4. The van der Waals surface area contributed by atoms with E-state index in [2.05, 4.69) is 19.1 Å². The monoisotopic (exact) mass is 162 g/mol. The van der Waals surface area contributed by atoms with Crippen LogP contribution >= 0.6 is 0 Å². The van der Waals surface area contributed by atoms with Crippen LogP contribution in [0.4, 0.5) is 0 Å². The Labute approximate surface area is 75.4 Å². The maximum Gasteiger partial charge on any atom is -0.00144 e. The van der Waals surface area contributed by atoms with Gasteiger partial charge in [-0.2, -0.15) is 0 Å². The van der Waals surface area contributed by atoms with Crippen LogP contribution in [-0.2, 0) is 0 Å². The van der Waals surface area contributed by atoms with Gasteiger partial charge in [0, 0.05) is 0 Å². The van der Waals surface area contributed by atoms with E-state index in [-0.39, 0.29) is 0 Å². The normalized spacial score (nSPS) is 29.9. The first-order valence-corrected chi connectivity index (χ1v) is 5.25. The molecule has 0 aromatic rings. The van der Waals surface area contributed by atoms with Gasteiger partial charge in [0.15, 0.2) is 0 Å². The van der Waals surface area contributed by atoms with Crippen molar-refractivity contribution in [2.24, 2.45) is 5.92 Å². The summed E-state index contributed by atoms with van der Waals surface area (Å²) in [7, 11) is 0. The van der Waals surface area contributed by atoms with Crippen molar-refractivity contribution >= 4 is 0 Å². The Morgan fingerprint density at radius 2 is 2.00 bits per heavy atom. The second-order valence-corrected chi connectivity index (χ2v) is 4.19. The standard InChI is InChI=1S/C12H18/c1-10-8-11-6-4-2-3-5-7-12(11)9-10/h8-9,11H,2-7H2,1H3. The quantitative estimate of drug-likeness (QED) is 0.507. The van der Waals surface area contributed by atoms with E-state index in [0.717, 1.165) is 5.92 Å². The van der Waals surface area contributed by atoms with Gasteiger partial charge in [0.2, 0.25) is 0 Å². The van der Waals surface area contributed by atoms with E-state index in [1.165, 1.54) is 44.1 Å². The number of hydrogen-bond donors (Lipinski definition) is 0. The van der Waals surface area contributed by atoms with Crippen LogP contribution in [0.15, 0.2) is 23.3 Å². The molecular weight excluding hydrogens is 144 g/mol. The summed E-state index contributed by atoms with van der Waals surface area (Å²) in [6.45, 7) is 2.23. The van der Waals surface area contributed by atoms with Gasteiger partial charge in [-0.1, -0.05) is 42.6 Å². The first kappa shape index (κ1) is 8.10. The average molecular weight is 162 g/mol. The van der Waals surface area contributed by atoms with E-state index in [1.54, 1.807) is 5.57 Å². The lowest BCUT2D eigenvalue weighted by atomic mass is 9.89. The van der Waals surface area contributed by atoms with E-state index in [1.807, 2.05) is 0 Å². The summed E-state index contributed by atoms with van der Waals surface area (Å²) in [5.41, 5.74) is 3.21. The highest BCUT2D eigenvalue weighted by Crippen LogP contribution is 2.33. The van der Waals surface area contributed by atoms with E-state index in [0.29, 0.717) is 0 Å². The molecule has 0 N–H and O–H groups in total. The molecular formula is C12H18. The van der Waals surface area contributed by atoms with Gasteiger partial charge in [0.05, 0.1) is 0 Å². The summed E-state index contributed by atoms with van der Waals surface area (Å²) in [6, 6.07) is 0. The van der Waals surface area contributed by atoms with Gasteiger partial charge in [-0.3, -0.25) is 0 Å². The molecule has 0 bridgehead atoms. The molecule has 0 aliphatic heterocycles. The lowest BCUT2D eigenvalue weighted by Gasteiger charge is -2.16. The molecule has 2 rings (SSSR count). The van der Waals surface area contributed by atoms with Crippen LogP contribution in [0.5, 0.6) is 0 Å². The largest absolute Gasteiger partial charge is 0.0744 e. The second kappa shape index (κ2) is 3.47. The summed E-state index contributed by atoms with van der Waals surface area (Å²) >= 11 is 0. The second-order valence-electron chi connectivity index (χ2n) is 4.19. The maximum atomic E-state index is 2.46. The van der Waals surface area contributed by atoms with Gasteiger partial charge in [-0.15, -0.1) is 0 Å². The molecule has 66 valence electrons. The summed E-state index contributed by atoms with van der Waals surface area (Å²) in [5, 5.41) is 0. The SMILES string of the molecule is CC1=CC2CCCCCCC2=C1. The van der Waals surface area contributed by atoms with Crippen LogP contribution in [0.3, 0.4) is 0 Å². The van der Waals surface area contributed by atoms with Crippen LogP contribution in [0.1, 0.15) is 45.4 Å². The van der Waals surface area contributed by atoms with Gasteiger partial charge in [-0.25, -0.2) is 0 Å².